The molecule has 0 spiro atoms. The Labute approximate surface area is 139 Å². The number of anilines is 1. The van der Waals surface area contributed by atoms with Crippen molar-refractivity contribution in [2.24, 2.45) is 0 Å². The second-order valence-corrected chi connectivity index (χ2v) is 7.73. The molecule has 130 valence electrons. The molecule has 23 heavy (non-hydrogen) atoms. The normalized spacial score (nSPS) is 12.0. The Morgan fingerprint density at radius 3 is 2.30 bits per heavy atom. The van der Waals surface area contributed by atoms with Crippen LogP contribution in [0, 0.1) is 6.92 Å². The van der Waals surface area contributed by atoms with E-state index in [0.29, 0.717) is 13.1 Å². The summed E-state index contributed by atoms with van der Waals surface area (Å²) in [5.74, 6) is 0.259. The predicted octanol–water partition coefficient (Wildman–Crippen LogP) is 4.15. The van der Waals surface area contributed by atoms with E-state index in [2.05, 4.69) is 5.32 Å². The van der Waals surface area contributed by atoms with E-state index in [1.54, 1.807) is 11.0 Å². The van der Waals surface area contributed by atoms with Crippen molar-refractivity contribution in [3.8, 4) is 5.75 Å². The van der Waals surface area contributed by atoms with Gasteiger partial charge in [-0.2, -0.15) is 0 Å². The highest BCUT2D eigenvalue weighted by atomic mass is 16.6. The fraction of sp³-hybridized carbons (Fsp3) is 0.611. The highest BCUT2D eigenvalue weighted by Crippen LogP contribution is 2.21. The van der Waals surface area contributed by atoms with Crippen LogP contribution in [0.2, 0.25) is 0 Å². The summed E-state index contributed by atoms with van der Waals surface area (Å²) in [5.41, 5.74) is 0.808. The summed E-state index contributed by atoms with van der Waals surface area (Å²) < 4.78 is 5.48. The number of hydrogen-bond acceptors (Lipinski definition) is 4. The third kappa shape index (κ3) is 6.38. The van der Waals surface area contributed by atoms with E-state index >= 15 is 0 Å². The highest BCUT2D eigenvalue weighted by Gasteiger charge is 2.30. The lowest BCUT2D eigenvalue weighted by molar-refractivity contribution is 0.00749. The minimum atomic E-state index is -0.517. The first kappa shape index (κ1) is 19.1. The molecule has 0 aromatic heterocycles. The topological polar surface area (TPSA) is 61.8 Å². The van der Waals surface area contributed by atoms with Crippen LogP contribution in [0.5, 0.6) is 5.75 Å². The van der Waals surface area contributed by atoms with Gasteiger partial charge in [0, 0.05) is 30.4 Å². The number of nitrogens with zero attached hydrogens (tertiary/aromatic N) is 1. The first-order valence-electron chi connectivity index (χ1n) is 7.94. The molecule has 0 fully saturated rings. The molecule has 0 heterocycles. The number of aryl methyl sites for hydroxylation is 1. The van der Waals surface area contributed by atoms with Gasteiger partial charge in [-0.15, -0.1) is 0 Å². The summed E-state index contributed by atoms with van der Waals surface area (Å²) in [4.78, 5) is 14.1. The molecule has 0 aliphatic rings. The van der Waals surface area contributed by atoms with E-state index in [1.165, 1.54) is 0 Å². The number of nitrogens with one attached hydrogen (secondary N) is 1. The van der Waals surface area contributed by atoms with Gasteiger partial charge in [0.05, 0.1) is 0 Å². The van der Waals surface area contributed by atoms with Crippen LogP contribution >= 0.6 is 0 Å². The zero-order valence-corrected chi connectivity index (χ0v) is 15.4. The van der Waals surface area contributed by atoms with E-state index < -0.39 is 5.60 Å². The molecule has 5 nitrogen and oxygen atoms in total. The smallest absolute Gasteiger partial charge is 0.410 e. The van der Waals surface area contributed by atoms with Crippen LogP contribution in [0.3, 0.4) is 0 Å². The van der Waals surface area contributed by atoms with Crippen molar-refractivity contribution in [1.29, 1.82) is 0 Å². The van der Waals surface area contributed by atoms with Gasteiger partial charge in [0.2, 0.25) is 0 Å². The van der Waals surface area contributed by atoms with E-state index in [9.17, 15) is 9.90 Å². The molecule has 1 aromatic rings. The number of hydrogen-bond donors (Lipinski definition) is 2. The molecule has 0 unspecified atom stereocenters. The molecule has 1 aromatic carbocycles. The number of carbonyl (C=O) groups excluding carboxylic acids is 1. The average Bonchev–Trinajstić information content (AvgIpc) is 2.35. The largest absolute Gasteiger partial charge is 0.508 e. The standard InChI is InChI=1S/C18H30N2O3/c1-13-8-9-14(12-15(13)21)19-10-11-20(17(2,3)4)16(22)23-18(5,6)7/h8-9,12,19,21H,10-11H2,1-7H3. The monoisotopic (exact) mass is 322 g/mol. The van der Waals surface area contributed by atoms with Crippen molar-refractivity contribution < 1.29 is 14.6 Å². The second-order valence-electron chi connectivity index (χ2n) is 7.73. The molecular formula is C18H30N2O3. The average molecular weight is 322 g/mol. The van der Waals surface area contributed by atoms with Crippen molar-refractivity contribution in [3.05, 3.63) is 23.8 Å². The second kappa shape index (κ2) is 7.11. The lowest BCUT2D eigenvalue weighted by Crippen LogP contribution is -2.49. The summed E-state index contributed by atoms with van der Waals surface area (Å²) in [6, 6.07) is 5.45. The van der Waals surface area contributed by atoms with E-state index in [-0.39, 0.29) is 17.4 Å². The van der Waals surface area contributed by atoms with E-state index in [0.717, 1.165) is 11.3 Å². The number of phenolic OH excluding ortho intramolecular Hbond substituents is 1. The van der Waals surface area contributed by atoms with Crippen LogP contribution in [-0.4, -0.2) is 40.3 Å². The number of benzene rings is 1. The Hall–Kier alpha value is -1.91. The quantitative estimate of drug-likeness (QED) is 0.874. The van der Waals surface area contributed by atoms with Crippen molar-refractivity contribution >= 4 is 11.8 Å². The van der Waals surface area contributed by atoms with Crippen LogP contribution < -0.4 is 5.32 Å². The van der Waals surface area contributed by atoms with Crippen molar-refractivity contribution in [2.45, 2.75) is 59.6 Å². The lowest BCUT2D eigenvalue weighted by atomic mass is 10.1. The van der Waals surface area contributed by atoms with Gasteiger partial charge in [-0.05, 0) is 60.1 Å². The maximum absolute atomic E-state index is 12.4. The van der Waals surface area contributed by atoms with E-state index in [1.807, 2.05) is 60.6 Å². The van der Waals surface area contributed by atoms with Gasteiger partial charge in [-0.1, -0.05) is 6.07 Å². The summed E-state index contributed by atoms with van der Waals surface area (Å²) in [5, 5.41) is 13.0. The maximum Gasteiger partial charge on any atom is 0.410 e. The Balaban J connectivity index is 2.68. The van der Waals surface area contributed by atoms with Gasteiger partial charge in [-0.3, -0.25) is 0 Å². The fourth-order valence-corrected chi connectivity index (χ4v) is 2.05. The number of carbonyl (C=O) groups is 1. The van der Waals surface area contributed by atoms with Gasteiger partial charge in [0.15, 0.2) is 0 Å². The van der Waals surface area contributed by atoms with Crippen LogP contribution in [0.4, 0.5) is 10.5 Å². The van der Waals surface area contributed by atoms with Crippen molar-refractivity contribution in [3.63, 3.8) is 0 Å². The molecule has 0 saturated carbocycles. The number of ether oxygens (including phenoxy) is 1. The van der Waals surface area contributed by atoms with Crippen LogP contribution in [0.1, 0.15) is 47.1 Å². The first-order chi connectivity index (χ1) is 10.4. The molecule has 0 radical (unpaired) electrons. The number of phenols is 1. The van der Waals surface area contributed by atoms with Gasteiger partial charge in [0.25, 0.3) is 0 Å². The summed E-state index contributed by atoms with van der Waals surface area (Å²) in [6.45, 7) is 14.4. The van der Waals surface area contributed by atoms with Gasteiger partial charge in [-0.25, -0.2) is 4.79 Å². The maximum atomic E-state index is 12.4. The van der Waals surface area contributed by atoms with Crippen LogP contribution in [0.25, 0.3) is 0 Å². The fourth-order valence-electron chi connectivity index (χ4n) is 2.05. The zero-order valence-electron chi connectivity index (χ0n) is 15.4. The molecule has 0 atom stereocenters. The third-order valence-corrected chi connectivity index (χ3v) is 3.30. The lowest BCUT2D eigenvalue weighted by Gasteiger charge is -2.37. The summed E-state index contributed by atoms with van der Waals surface area (Å²) in [7, 11) is 0. The number of amides is 1. The molecule has 1 rings (SSSR count). The molecule has 2 N–H and O–H groups in total. The molecule has 5 heteroatoms. The summed E-state index contributed by atoms with van der Waals surface area (Å²) >= 11 is 0. The van der Waals surface area contributed by atoms with E-state index in [4.69, 9.17) is 4.74 Å². The van der Waals surface area contributed by atoms with Crippen molar-refractivity contribution in [2.75, 3.05) is 18.4 Å². The molecular weight excluding hydrogens is 292 g/mol. The Morgan fingerprint density at radius 1 is 1.22 bits per heavy atom. The highest BCUT2D eigenvalue weighted by molar-refractivity contribution is 5.69. The van der Waals surface area contributed by atoms with Crippen molar-refractivity contribution in [1.82, 2.24) is 4.90 Å². The van der Waals surface area contributed by atoms with Gasteiger partial charge in [0.1, 0.15) is 11.4 Å². The molecule has 0 aliphatic carbocycles. The SMILES string of the molecule is Cc1ccc(NCCN(C(=O)OC(C)(C)C)C(C)(C)C)cc1O. The first-order valence-corrected chi connectivity index (χ1v) is 7.94. The van der Waals surface area contributed by atoms with Crippen LogP contribution in [-0.2, 0) is 4.74 Å². The van der Waals surface area contributed by atoms with Gasteiger partial charge >= 0.3 is 6.09 Å². The minimum absolute atomic E-state index is 0.259. The number of aromatic hydroxyl groups is 1. The summed E-state index contributed by atoms with van der Waals surface area (Å²) in [6.07, 6.45) is -0.321. The van der Waals surface area contributed by atoms with Gasteiger partial charge < -0.3 is 20.1 Å². The number of rotatable bonds is 4. The zero-order chi connectivity index (χ0) is 17.8. The third-order valence-electron chi connectivity index (χ3n) is 3.30. The Bertz CT molecular complexity index is 542. The molecule has 0 aliphatic heterocycles. The van der Waals surface area contributed by atoms with Crippen LogP contribution in [0.15, 0.2) is 18.2 Å². The predicted molar refractivity (Wildman–Crippen MR) is 94.0 cm³/mol. The molecule has 0 bridgehead atoms. The Kier molecular flexibility index (Phi) is 5.92. The molecule has 1 amide bonds. The molecule has 0 saturated heterocycles. The Morgan fingerprint density at radius 2 is 1.83 bits per heavy atom. The minimum Gasteiger partial charge on any atom is -0.508 e.